The monoisotopic (exact) mass is 288 g/mol. The standard InChI is InChI=1S/C18H28N2O/c1-3-18(21)14-6-8-16(9-7-14)20-12-10-17-15(13-20)5-4-11-19(17)2/h6-9,15,17-18,21H,3-5,10-13H2,1-2H3/t15?,17?,18-/m1/s1. The van der Waals surface area contributed by atoms with Crippen molar-refractivity contribution in [2.75, 3.05) is 31.6 Å². The van der Waals surface area contributed by atoms with E-state index in [0.717, 1.165) is 30.5 Å². The molecule has 3 atom stereocenters. The normalized spacial score (nSPS) is 28.2. The maximum Gasteiger partial charge on any atom is 0.0787 e. The summed E-state index contributed by atoms with van der Waals surface area (Å²) in [5.41, 5.74) is 2.35. The van der Waals surface area contributed by atoms with Gasteiger partial charge in [-0.15, -0.1) is 0 Å². The lowest BCUT2D eigenvalue weighted by molar-refractivity contribution is 0.102. The van der Waals surface area contributed by atoms with Crippen molar-refractivity contribution in [3.8, 4) is 0 Å². The van der Waals surface area contributed by atoms with Gasteiger partial charge in [0.15, 0.2) is 0 Å². The van der Waals surface area contributed by atoms with Crippen LogP contribution in [0.5, 0.6) is 0 Å². The van der Waals surface area contributed by atoms with Crippen LogP contribution in [0.25, 0.3) is 0 Å². The number of benzene rings is 1. The fraction of sp³-hybridized carbons (Fsp3) is 0.667. The smallest absolute Gasteiger partial charge is 0.0787 e. The summed E-state index contributed by atoms with van der Waals surface area (Å²) in [4.78, 5) is 5.09. The molecular weight excluding hydrogens is 260 g/mol. The van der Waals surface area contributed by atoms with E-state index in [4.69, 9.17) is 0 Å². The van der Waals surface area contributed by atoms with Gasteiger partial charge in [0.1, 0.15) is 0 Å². The number of aliphatic hydroxyl groups is 1. The molecule has 0 saturated carbocycles. The van der Waals surface area contributed by atoms with Crippen molar-refractivity contribution in [2.24, 2.45) is 5.92 Å². The van der Waals surface area contributed by atoms with Gasteiger partial charge in [-0.2, -0.15) is 0 Å². The molecule has 0 aromatic heterocycles. The van der Waals surface area contributed by atoms with E-state index in [9.17, 15) is 5.11 Å². The molecule has 2 aliphatic heterocycles. The molecule has 3 nitrogen and oxygen atoms in total. The zero-order valence-corrected chi connectivity index (χ0v) is 13.3. The number of hydrogen-bond acceptors (Lipinski definition) is 3. The highest BCUT2D eigenvalue weighted by Crippen LogP contribution is 2.32. The summed E-state index contributed by atoms with van der Waals surface area (Å²) < 4.78 is 0. The molecule has 3 rings (SSSR count). The van der Waals surface area contributed by atoms with Gasteiger partial charge in [0.25, 0.3) is 0 Å². The lowest BCUT2D eigenvalue weighted by atomic mass is 9.84. The molecule has 2 heterocycles. The topological polar surface area (TPSA) is 26.7 Å². The number of piperidine rings is 2. The average molecular weight is 288 g/mol. The van der Waals surface area contributed by atoms with Gasteiger partial charge >= 0.3 is 0 Å². The van der Waals surface area contributed by atoms with Gasteiger partial charge in [-0.3, -0.25) is 0 Å². The predicted octanol–water partition coefficient (Wildman–Crippen LogP) is 3.05. The van der Waals surface area contributed by atoms with Crippen LogP contribution in [0.3, 0.4) is 0 Å². The number of likely N-dealkylation sites (tertiary alicyclic amines) is 1. The summed E-state index contributed by atoms with van der Waals surface area (Å²) in [6.07, 6.45) is 4.45. The van der Waals surface area contributed by atoms with Crippen LogP contribution >= 0.6 is 0 Å². The number of aliphatic hydroxyl groups excluding tert-OH is 1. The first-order valence-corrected chi connectivity index (χ1v) is 8.42. The zero-order chi connectivity index (χ0) is 14.8. The van der Waals surface area contributed by atoms with Gasteiger partial charge < -0.3 is 14.9 Å². The molecule has 1 N–H and O–H groups in total. The SMILES string of the molecule is CC[C@@H](O)c1ccc(N2CCC3C(CCCN3C)C2)cc1. The minimum absolute atomic E-state index is 0.322. The van der Waals surface area contributed by atoms with Gasteiger partial charge in [0.2, 0.25) is 0 Å². The van der Waals surface area contributed by atoms with Crippen molar-refractivity contribution in [1.82, 2.24) is 4.90 Å². The van der Waals surface area contributed by atoms with Crippen LogP contribution in [0.4, 0.5) is 5.69 Å². The van der Waals surface area contributed by atoms with Gasteiger partial charge in [-0.05, 0) is 62.9 Å². The van der Waals surface area contributed by atoms with Crippen LogP contribution in [0.2, 0.25) is 0 Å². The fourth-order valence-electron chi connectivity index (χ4n) is 4.03. The lowest BCUT2D eigenvalue weighted by Gasteiger charge is -2.46. The number of hydrogen-bond donors (Lipinski definition) is 1. The molecule has 1 aromatic carbocycles. The first kappa shape index (κ1) is 14.9. The molecule has 2 aliphatic rings. The van der Waals surface area contributed by atoms with E-state index in [0.29, 0.717) is 0 Å². The first-order valence-electron chi connectivity index (χ1n) is 8.42. The maximum absolute atomic E-state index is 9.89. The quantitative estimate of drug-likeness (QED) is 0.926. The van der Waals surface area contributed by atoms with Crippen LogP contribution < -0.4 is 4.90 Å². The molecule has 3 heteroatoms. The van der Waals surface area contributed by atoms with E-state index >= 15 is 0 Å². The van der Waals surface area contributed by atoms with E-state index in [1.807, 2.05) is 6.92 Å². The second-order valence-corrected chi connectivity index (χ2v) is 6.70. The van der Waals surface area contributed by atoms with Crippen LogP contribution in [-0.4, -0.2) is 42.7 Å². The van der Waals surface area contributed by atoms with E-state index < -0.39 is 0 Å². The third kappa shape index (κ3) is 3.09. The Kier molecular flexibility index (Phi) is 4.51. The lowest BCUT2D eigenvalue weighted by Crippen LogP contribution is -2.52. The van der Waals surface area contributed by atoms with Crippen molar-refractivity contribution in [1.29, 1.82) is 0 Å². The predicted molar refractivity (Wildman–Crippen MR) is 87.7 cm³/mol. The van der Waals surface area contributed by atoms with Crippen LogP contribution in [0.1, 0.15) is 44.3 Å². The fourth-order valence-corrected chi connectivity index (χ4v) is 4.03. The Morgan fingerprint density at radius 3 is 2.67 bits per heavy atom. The highest BCUT2D eigenvalue weighted by atomic mass is 16.3. The number of fused-ring (bicyclic) bond motifs is 1. The summed E-state index contributed by atoms with van der Waals surface area (Å²) in [7, 11) is 2.29. The Morgan fingerprint density at radius 1 is 1.19 bits per heavy atom. The van der Waals surface area contributed by atoms with Crippen molar-refractivity contribution < 1.29 is 5.11 Å². The van der Waals surface area contributed by atoms with Gasteiger partial charge in [-0.25, -0.2) is 0 Å². The maximum atomic E-state index is 9.89. The summed E-state index contributed by atoms with van der Waals surface area (Å²) >= 11 is 0. The Bertz CT molecular complexity index is 459. The minimum Gasteiger partial charge on any atom is -0.388 e. The number of nitrogens with zero attached hydrogens (tertiary/aromatic N) is 2. The van der Waals surface area contributed by atoms with Crippen molar-refractivity contribution in [3.05, 3.63) is 29.8 Å². The van der Waals surface area contributed by atoms with Crippen LogP contribution in [0.15, 0.2) is 24.3 Å². The van der Waals surface area contributed by atoms with Crippen LogP contribution in [0, 0.1) is 5.92 Å². The van der Waals surface area contributed by atoms with Gasteiger partial charge in [0, 0.05) is 24.8 Å². The third-order valence-electron chi connectivity index (χ3n) is 5.38. The van der Waals surface area contributed by atoms with Crippen LogP contribution in [-0.2, 0) is 0 Å². The van der Waals surface area contributed by atoms with Gasteiger partial charge in [-0.1, -0.05) is 19.1 Å². The van der Waals surface area contributed by atoms with Crippen molar-refractivity contribution in [2.45, 2.75) is 44.8 Å². The highest BCUT2D eigenvalue weighted by molar-refractivity contribution is 5.48. The summed E-state index contributed by atoms with van der Waals surface area (Å²) in [5.74, 6) is 0.818. The Hall–Kier alpha value is -1.06. The molecule has 116 valence electrons. The van der Waals surface area contributed by atoms with E-state index in [2.05, 4.69) is 41.1 Å². The first-order chi connectivity index (χ1) is 10.2. The second-order valence-electron chi connectivity index (χ2n) is 6.70. The second kappa shape index (κ2) is 6.37. The molecular formula is C18H28N2O. The van der Waals surface area contributed by atoms with E-state index in [-0.39, 0.29) is 6.10 Å². The Balaban J connectivity index is 1.68. The number of anilines is 1. The summed E-state index contributed by atoms with van der Waals surface area (Å²) in [6, 6.07) is 9.32. The molecule has 0 aliphatic carbocycles. The zero-order valence-electron chi connectivity index (χ0n) is 13.3. The molecule has 2 fully saturated rings. The van der Waals surface area contributed by atoms with Gasteiger partial charge in [0.05, 0.1) is 6.10 Å². The molecule has 0 spiro atoms. The molecule has 2 unspecified atom stereocenters. The molecule has 0 radical (unpaired) electrons. The van der Waals surface area contributed by atoms with E-state index in [1.54, 1.807) is 0 Å². The molecule has 2 saturated heterocycles. The molecule has 0 amide bonds. The van der Waals surface area contributed by atoms with Crippen molar-refractivity contribution in [3.63, 3.8) is 0 Å². The largest absolute Gasteiger partial charge is 0.388 e. The highest BCUT2D eigenvalue weighted by Gasteiger charge is 2.34. The Morgan fingerprint density at radius 2 is 1.95 bits per heavy atom. The Labute approximate surface area is 128 Å². The molecule has 0 bridgehead atoms. The minimum atomic E-state index is -0.322. The summed E-state index contributed by atoms with van der Waals surface area (Å²) in [5, 5.41) is 9.89. The van der Waals surface area contributed by atoms with Crippen molar-refractivity contribution >= 4 is 5.69 Å². The molecule has 21 heavy (non-hydrogen) atoms. The molecule has 1 aromatic rings. The van der Waals surface area contributed by atoms with E-state index in [1.165, 1.54) is 38.0 Å². The summed E-state index contributed by atoms with van der Waals surface area (Å²) in [6.45, 7) is 5.62. The number of rotatable bonds is 3. The third-order valence-corrected chi connectivity index (χ3v) is 5.38. The average Bonchev–Trinajstić information content (AvgIpc) is 2.54.